The Bertz CT molecular complexity index is 1140. The second kappa shape index (κ2) is 9.27. The average Bonchev–Trinajstić information content (AvgIpc) is 3.29. The van der Waals surface area contributed by atoms with E-state index in [2.05, 4.69) is 27.4 Å². The van der Waals surface area contributed by atoms with Crippen LogP contribution < -0.4 is 14.8 Å². The zero-order valence-corrected chi connectivity index (χ0v) is 19.2. The zero-order chi connectivity index (χ0) is 22.8. The van der Waals surface area contributed by atoms with E-state index in [9.17, 15) is 4.79 Å². The molecule has 0 radical (unpaired) electrons. The van der Waals surface area contributed by atoms with Gasteiger partial charge in [-0.15, -0.1) is 0 Å². The predicted molar refractivity (Wildman–Crippen MR) is 127 cm³/mol. The minimum absolute atomic E-state index is 0.0185. The van der Waals surface area contributed by atoms with Crippen molar-refractivity contribution in [2.75, 3.05) is 31.6 Å². The van der Waals surface area contributed by atoms with Crippen LogP contribution in [0.2, 0.25) is 0 Å². The number of nitrogens with zero attached hydrogens (tertiary/aromatic N) is 3. The average molecular weight is 447 g/mol. The minimum Gasteiger partial charge on any atom is -0.490 e. The third-order valence-electron chi connectivity index (χ3n) is 6.42. The van der Waals surface area contributed by atoms with E-state index in [1.807, 2.05) is 54.9 Å². The standard InChI is InChI=1S/C26H30N4O3/c1-18-26(19(2)30(28-18)21-8-4-3-5-9-21)27-25(31)17-29-13-6-10-22(29)20-11-12-23-24(16-20)33-15-7-14-32-23/h3-5,8-9,11-12,16,22H,6-7,10,13-15,17H2,1-2H3,(H,27,31)/t22-/m0/s1. The Morgan fingerprint density at radius 2 is 1.85 bits per heavy atom. The number of anilines is 1. The number of fused-ring (bicyclic) bond motifs is 1. The molecular weight excluding hydrogens is 416 g/mol. The first-order chi connectivity index (χ1) is 16.1. The number of benzene rings is 2. The summed E-state index contributed by atoms with van der Waals surface area (Å²) in [6.07, 6.45) is 2.98. The largest absolute Gasteiger partial charge is 0.490 e. The van der Waals surface area contributed by atoms with Gasteiger partial charge in [-0.1, -0.05) is 24.3 Å². The van der Waals surface area contributed by atoms with Crippen LogP contribution in [0, 0.1) is 13.8 Å². The Labute approximate surface area is 194 Å². The Hall–Kier alpha value is -3.32. The fraction of sp³-hybridized carbons (Fsp3) is 0.385. The molecule has 33 heavy (non-hydrogen) atoms. The number of hydrogen-bond donors (Lipinski definition) is 1. The van der Waals surface area contributed by atoms with Gasteiger partial charge in [0, 0.05) is 12.5 Å². The SMILES string of the molecule is Cc1nn(-c2ccccc2)c(C)c1NC(=O)CN1CCC[C@H]1c1ccc2c(c1)OCCCO2. The van der Waals surface area contributed by atoms with Crippen molar-refractivity contribution in [2.45, 2.75) is 39.2 Å². The highest BCUT2D eigenvalue weighted by Crippen LogP contribution is 2.37. The molecule has 7 heteroatoms. The van der Waals surface area contributed by atoms with E-state index < -0.39 is 0 Å². The first-order valence-corrected chi connectivity index (χ1v) is 11.7. The summed E-state index contributed by atoms with van der Waals surface area (Å²) in [4.78, 5) is 15.3. The van der Waals surface area contributed by atoms with Crippen molar-refractivity contribution in [2.24, 2.45) is 0 Å². The number of para-hydroxylation sites is 1. The maximum absolute atomic E-state index is 13.0. The lowest BCUT2D eigenvalue weighted by atomic mass is 10.0. The molecule has 1 atom stereocenters. The van der Waals surface area contributed by atoms with Gasteiger partial charge in [0.05, 0.1) is 42.5 Å². The van der Waals surface area contributed by atoms with E-state index in [0.29, 0.717) is 19.8 Å². The summed E-state index contributed by atoms with van der Waals surface area (Å²) in [7, 11) is 0. The van der Waals surface area contributed by atoms with Crippen LogP contribution in [0.15, 0.2) is 48.5 Å². The lowest BCUT2D eigenvalue weighted by Crippen LogP contribution is -2.33. The molecule has 2 aliphatic heterocycles. The molecular formula is C26H30N4O3. The van der Waals surface area contributed by atoms with Crippen LogP contribution in [-0.4, -0.2) is 46.9 Å². The molecule has 172 valence electrons. The zero-order valence-electron chi connectivity index (χ0n) is 19.2. The lowest BCUT2D eigenvalue weighted by molar-refractivity contribution is -0.117. The van der Waals surface area contributed by atoms with Gasteiger partial charge in [-0.3, -0.25) is 9.69 Å². The van der Waals surface area contributed by atoms with Crippen LogP contribution in [0.25, 0.3) is 5.69 Å². The van der Waals surface area contributed by atoms with Crippen molar-refractivity contribution >= 4 is 11.6 Å². The van der Waals surface area contributed by atoms with Crippen LogP contribution in [0.4, 0.5) is 5.69 Å². The van der Waals surface area contributed by atoms with Gasteiger partial charge in [0.15, 0.2) is 11.5 Å². The van der Waals surface area contributed by atoms with E-state index in [0.717, 1.165) is 60.1 Å². The van der Waals surface area contributed by atoms with Gasteiger partial charge < -0.3 is 14.8 Å². The van der Waals surface area contributed by atoms with Crippen molar-refractivity contribution in [3.05, 3.63) is 65.5 Å². The fourth-order valence-corrected chi connectivity index (χ4v) is 4.79. The number of aromatic nitrogens is 2. The molecule has 0 saturated carbocycles. The Morgan fingerprint density at radius 3 is 2.67 bits per heavy atom. The minimum atomic E-state index is -0.0185. The van der Waals surface area contributed by atoms with E-state index in [1.165, 1.54) is 5.56 Å². The van der Waals surface area contributed by atoms with Gasteiger partial charge in [0.2, 0.25) is 5.91 Å². The molecule has 1 aromatic heterocycles. The first-order valence-electron chi connectivity index (χ1n) is 11.7. The van der Waals surface area contributed by atoms with Crippen LogP contribution in [0.5, 0.6) is 11.5 Å². The molecule has 3 aromatic rings. The highest BCUT2D eigenvalue weighted by Gasteiger charge is 2.29. The molecule has 1 N–H and O–H groups in total. The molecule has 7 nitrogen and oxygen atoms in total. The highest BCUT2D eigenvalue weighted by atomic mass is 16.5. The summed E-state index contributed by atoms with van der Waals surface area (Å²) in [6.45, 7) is 6.50. The van der Waals surface area contributed by atoms with Gasteiger partial charge in [-0.25, -0.2) is 4.68 Å². The maximum Gasteiger partial charge on any atom is 0.238 e. The van der Waals surface area contributed by atoms with Crippen LogP contribution in [0.3, 0.4) is 0 Å². The quantitative estimate of drug-likeness (QED) is 0.628. The predicted octanol–water partition coefficient (Wildman–Crippen LogP) is 4.43. The Balaban J connectivity index is 1.29. The Kier molecular flexibility index (Phi) is 6.05. The van der Waals surface area contributed by atoms with Crippen LogP contribution in [-0.2, 0) is 4.79 Å². The summed E-state index contributed by atoms with van der Waals surface area (Å²) in [5.74, 6) is 1.59. The van der Waals surface area contributed by atoms with Crippen molar-refractivity contribution in [3.8, 4) is 17.2 Å². The first kappa shape index (κ1) is 21.5. The normalized spacial score (nSPS) is 18.2. The highest BCUT2D eigenvalue weighted by molar-refractivity contribution is 5.93. The molecule has 5 rings (SSSR count). The number of rotatable bonds is 5. The van der Waals surface area contributed by atoms with E-state index >= 15 is 0 Å². The van der Waals surface area contributed by atoms with Gasteiger partial charge >= 0.3 is 0 Å². The number of likely N-dealkylation sites (tertiary alicyclic amines) is 1. The molecule has 3 heterocycles. The molecule has 0 bridgehead atoms. The maximum atomic E-state index is 13.0. The van der Waals surface area contributed by atoms with E-state index in [-0.39, 0.29) is 11.9 Å². The van der Waals surface area contributed by atoms with Gasteiger partial charge in [0.1, 0.15) is 0 Å². The summed E-state index contributed by atoms with van der Waals surface area (Å²) in [6, 6.07) is 16.3. The number of hydrogen-bond acceptors (Lipinski definition) is 5. The van der Waals surface area contributed by atoms with Crippen molar-refractivity contribution < 1.29 is 14.3 Å². The van der Waals surface area contributed by atoms with Crippen molar-refractivity contribution in [3.63, 3.8) is 0 Å². The van der Waals surface area contributed by atoms with Gasteiger partial charge in [-0.2, -0.15) is 5.10 Å². The number of nitrogens with one attached hydrogen (secondary N) is 1. The smallest absolute Gasteiger partial charge is 0.238 e. The fourth-order valence-electron chi connectivity index (χ4n) is 4.79. The molecule has 0 aliphatic carbocycles. The molecule has 0 spiro atoms. The number of amides is 1. The molecule has 0 unspecified atom stereocenters. The molecule has 1 saturated heterocycles. The number of carbonyl (C=O) groups is 1. The summed E-state index contributed by atoms with van der Waals surface area (Å²) < 4.78 is 13.5. The van der Waals surface area contributed by atoms with E-state index in [4.69, 9.17) is 9.47 Å². The number of aryl methyl sites for hydroxylation is 1. The topological polar surface area (TPSA) is 68.6 Å². The van der Waals surface area contributed by atoms with Gasteiger partial charge in [-0.05, 0) is 63.1 Å². The number of ether oxygens (including phenoxy) is 2. The Morgan fingerprint density at radius 1 is 1.06 bits per heavy atom. The van der Waals surface area contributed by atoms with E-state index in [1.54, 1.807) is 0 Å². The number of carbonyl (C=O) groups excluding carboxylic acids is 1. The lowest BCUT2D eigenvalue weighted by Gasteiger charge is -2.25. The van der Waals surface area contributed by atoms with Crippen LogP contribution in [0.1, 0.15) is 42.3 Å². The van der Waals surface area contributed by atoms with Crippen LogP contribution >= 0.6 is 0 Å². The third-order valence-corrected chi connectivity index (χ3v) is 6.42. The second-order valence-corrected chi connectivity index (χ2v) is 8.73. The van der Waals surface area contributed by atoms with Crippen molar-refractivity contribution in [1.82, 2.24) is 14.7 Å². The summed E-state index contributed by atoms with van der Waals surface area (Å²) >= 11 is 0. The molecule has 1 amide bonds. The second-order valence-electron chi connectivity index (χ2n) is 8.73. The van der Waals surface area contributed by atoms with Gasteiger partial charge in [0.25, 0.3) is 0 Å². The van der Waals surface area contributed by atoms with Crippen molar-refractivity contribution in [1.29, 1.82) is 0 Å². The molecule has 1 fully saturated rings. The summed E-state index contributed by atoms with van der Waals surface area (Å²) in [5, 5.41) is 7.76. The third kappa shape index (κ3) is 4.46. The monoisotopic (exact) mass is 446 g/mol. The molecule has 2 aliphatic rings. The molecule has 2 aromatic carbocycles. The summed E-state index contributed by atoms with van der Waals surface area (Å²) in [5.41, 5.74) is 4.68.